The molecule has 0 bridgehead atoms. The smallest absolute Gasteiger partial charge is 0.270 e. The van der Waals surface area contributed by atoms with Crippen molar-refractivity contribution in [2.45, 2.75) is 6.43 Å². The molecular formula is C6H4ClF2NO2. The molecule has 0 spiro atoms. The van der Waals surface area contributed by atoms with E-state index in [0.717, 1.165) is 6.20 Å². The van der Waals surface area contributed by atoms with Crippen molar-refractivity contribution in [2.24, 2.45) is 0 Å². The Balaban J connectivity index is 3.44. The van der Waals surface area contributed by atoms with Gasteiger partial charge < -0.3 is 10.1 Å². The molecule has 0 amide bonds. The molecule has 2 N–H and O–H groups in total. The Labute approximate surface area is 70.6 Å². The lowest BCUT2D eigenvalue weighted by Gasteiger charge is -2.01. The van der Waals surface area contributed by atoms with Gasteiger partial charge in [-0.15, -0.1) is 0 Å². The number of aromatic amines is 1. The molecule has 6 heteroatoms. The molecule has 3 nitrogen and oxygen atoms in total. The predicted octanol–water partition coefficient (Wildman–Crippen LogP) is 1.67. The molecule has 12 heavy (non-hydrogen) atoms. The number of hydrogen-bond acceptors (Lipinski definition) is 2. The second-order valence-corrected chi connectivity index (χ2v) is 2.41. The Kier molecular flexibility index (Phi) is 2.32. The van der Waals surface area contributed by atoms with Gasteiger partial charge in [0.15, 0.2) is 5.75 Å². The molecule has 0 aliphatic heterocycles. The van der Waals surface area contributed by atoms with Crippen molar-refractivity contribution < 1.29 is 13.9 Å². The number of hydrogen-bond donors (Lipinski definition) is 2. The summed E-state index contributed by atoms with van der Waals surface area (Å²) in [4.78, 5) is 12.9. The maximum Gasteiger partial charge on any atom is 0.270 e. The van der Waals surface area contributed by atoms with Gasteiger partial charge >= 0.3 is 0 Å². The van der Waals surface area contributed by atoms with Crippen LogP contribution in [0, 0.1) is 0 Å². The lowest BCUT2D eigenvalue weighted by atomic mass is 10.3. The van der Waals surface area contributed by atoms with E-state index < -0.39 is 28.3 Å². The molecule has 1 heterocycles. The summed E-state index contributed by atoms with van der Waals surface area (Å²) in [6, 6.07) is 0. The standard InChI is InChI=1S/C6H4ClF2NO2/c7-5-3(6(8)9)4(12)2(11)1-10-5/h1,6,11H,(H,10,12). The summed E-state index contributed by atoms with van der Waals surface area (Å²) in [6.45, 7) is 0. The molecule has 1 aromatic rings. The number of alkyl halides is 2. The Morgan fingerprint density at radius 1 is 1.58 bits per heavy atom. The van der Waals surface area contributed by atoms with Crippen molar-refractivity contribution in [3.63, 3.8) is 0 Å². The quantitative estimate of drug-likeness (QED) is 0.670. The highest BCUT2D eigenvalue weighted by Gasteiger charge is 2.18. The average Bonchev–Trinajstić information content (AvgIpc) is 1.97. The van der Waals surface area contributed by atoms with Crippen molar-refractivity contribution >= 4 is 11.6 Å². The fourth-order valence-electron chi connectivity index (χ4n) is 0.708. The molecule has 0 fully saturated rings. The van der Waals surface area contributed by atoms with Crippen LogP contribution in [0.4, 0.5) is 8.78 Å². The second kappa shape index (κ2) is 3.10. The molecule has 66 valence electrons. The minimum Gasteiger partial charge on any atom is -0.503 e. The number of H-pyrrole nitrogens is 1. The van der Waals surface area contributed by atoms with Gasteiger partial charge in [0.1, 0.15) is 10.7 Å². The molecule has 0 aliphatic rings. The Hall–Kier alpha value is -1.10. The van der Waals surface area contributed by atoms with E-state index in [1.54, 1.807) is 0 Å². The summed E-state index contributed by atoms with van der Waals surface area (Å²) in [5, 5.41) is 8.29. The van der Waals surface area contributed by atoms with E-state index in [9.17, 15) is 13.6 Å². The molecular weight excluding hydrogens is 192 g/mol. The van der Waals surface area contributed by atoms with Crippen molar-refractivity contribution in [1.82, 2.24) is 4.98 Å². The fraction of sp³-hybridized carbons (Fsp3) is 0.167. The Morgan fingerprint density at radius 3 is 2.58 bits per heavy atom. The number of rotatable bonds is 1. The zero-order valence-electron chi connectivity index (χ0n) is 5.64. The molecule has 0 aromatic carbocycles. The van der Waals surface area contributed by atoms with Crippen LogP contribution in [0.2, 0.25) is 5.15 Å². The monoisotopic (exact) mass is 195 g/mol. The van der Waals surface area contributed by atoms with Crippen LogP contribution < -0.4 is 5.43 Å². The first-order valence-electron chi connectivity index (χ1n) is 2.92. The summed E-state index contributed by atoms with van der Waals surface area (Å²) in [6.07, 6.45) is -2.13. The van der Waals surface area contributed by atoms with E-state index in [-0.39, 0.29) is 0 Å². The van der Waals surface area contributed by atoms with Gasteiger partial charge in [0.05, 0.1) is 0 Å². The SMILES string of the molecule is O=c1c(O)c[nH]c(Cl)c1C(F)F. The lowest BCUT2D eigenvalue weighted by Crippen LogP contribution is -2.10. The molecule has 0 saturated heterocycles. The number of aromatic hydroxyl groups is 1. The summed E-state index contributed by atoms with van der Waals surface area (Å²) >= 11 is 5.25. The molecule has 0 saturated carbocycles. The Bertz CT molecular complexity index is 350. The van der Waals surface area contributed by atoms with Crippen molar-refractivity contribution in [2.75, 3.05) is 0 Å². The largest absolute Gasteiger partial charge is 0.503 e. The summed E-state index contributed by atoms with van der Waals surface area (Å²) in [5.41, 5.74) is -2.05. The van der Waals surface area contributed by atoms with Crippen molar-refractivity contribution in [3.05, 3.63) is 27.1 Å². The maximum absolute atomic E-state index is 12.1. The van der Waals surface area contributed by atoms with Gasteiger partial charge in [0.2, 0.25) is 5.43 Å². The van der Waals surface area contributed by atoms with E-state index >= 15 is 0 Å². The van der Waals surface area contributed by atoms with Crippen LogP contribution in [-0.4, -0.2) is 10.1 Å². The average molecular weight is 196 g/mol. The Morgan fingerprint density at radius 2 is 2.17 bits per heavy atom. The van der Waals surface area contributed by atoms with E-state index in [4.69, 9.17) is 16.7 Å². The molecule has 0 radical (unpaired) electrons. The fourth-order valence-corrected chi connectivity index (χ4v) is 0.930. The zero-order valence-corrected chi connectivity index (χ0v) is 6.40. The second-order valence-electron chi connectivity index (χ2n) is 2.03. The van der Waals surface area contributed by atoms with Crippen LogP contribution in [0.5, 0.6) is 5.75 Å². The number of nitrogens with one attached hydrogen (secondary N) is 1. The molecule has 0 unspecified atom stereocenters. The van der Waals surface area contributed by atoms with Crippen molar-refractivity contribution in [3.8, 4) is 5.75 Å². The van der Waals surface area contributed by atoms with Gasteiger partial charge in [0, 0.05) is 6.20 Å². The van der Waals surface area contributed by atoms with E-state index in [0.29, 0.717) is 0 Å². The predicted molar refractivity (Wildman–Crippen MR) is 38.7 cm³/mol. The third-order valence-corrected chi connectivity index (χ3v) is 1.58. The topological polar surface area (TPSA) is 53.1 Å². The van der Waals surface area contributed by atoms with E-state index in [2.05, 4.69) is 4.98 Å². The molecule has 1 aromatic heterocycles. The number of halogens is 3. The lowest BCUT2D eigenvalue weighted by molar-refractivity contribution is 0.149. The van der Waals surface area contributed by atoms with Crippen LogP contribution in [-0.2, 0) is 0 Å². The van der Waals surface area contributed by atoms with Gasteiger partial charge in [-0.1, -0.05) is 11.6 Å². The van der Waals surface area contributed by atoms with E-state index in [1.165, 1.54) is 0 Å². The highest BCUT2D eigenvalue weighted by molar-refractivity contribution is 6.30. The van der Waals surface area contributed by atoms with Crippen LogP contribution in [0.1, 0.15) is 12.0 Å². The van der Waals surface area contributed by atoms with Gasteiger partial charge in [-0.25, -0.2) is 8.78 Å². The highest BCUT2D eigenvalue weighted by Crippen LogP contribution is 2.22. The van der Waals surface area contributed by atoms with Gasteiger partial charge in [-0.3, -0.25) is 4.79 Å². The molecule has 0 atom stereocenters. The number of aromatic nitrogens is 1. The third kappa shape index (κ3) is 1.40. The van der Waals surface area contributed by atoms with E-state index in [1.807, 2.05) is 0 Å². The highest BCUT2D eigenvalue weighted by atomic mass is 35.5. The molecule has 1 rings (SSSR count). The third-order valence-electron chi connectivity index (χ3n) is 1.27. The number of pyridine rings is 1. The summed E-state index contributed by atoms with van der Waals surface area (Å²) < 4.78 is 24.1. The van der Waals surface area contributed by atoms with Crippen LogP contribution >= 0.6 is 11.6 Å². The van der Waals surface area contributed by atoms with Gasteiger partial charge in [-0.2, -0.15) is 0 Å². The first kappa shape index (κ1) is 8.99. The zero-order chi connectivity index (χ0) is 9.30. The summed E-state index contributed by atoms with van der Waals surface area (Å²) in [5.74, 6) is -0.769. The normalized spacial score (nSPS) is 10.7. The maximum atomic E-state index is 12.1. The minimum absolute atomic E-state index is 0.451. The first-order valence-corrected chi connectivity index (χ1v) is 3.30. The van der Waals surface area contributed by atoms with Crippen LogP contribution in [0.25, 0.3) is 0 Å². The minimum atomic E-state index is -2.99. The summed E-state index contributed by atoms with van der Waals surface area (Å²) in [7, 11) is 0. The van der Waals surface area contributed by atoms with Crippen LogP contribution in [0.3, 0.4) is 0 Å². The van der Waals surface area contributed by atoms with Gasteiger partial charge in [0.25, 0.3) is 6.43 Å². The molecule has 0 aliphatic carbocycles. The van der Waals surface area contributed by atoms with Crippen LogP contribution in [0.15, 0.2) is 11.0 Å². The van der Waals surface area contributed by atoms with Gasteiger partial charge in [-0.05, 0) is 0 Å². The van der Waals surface area contributed by atoms with Crippen molar-refractivity contribution in [1.29, 1.82) is 0 Å². The first-order chi connectivity index (χ1) is 5.54.